The molecule has 1 aromatic carbocycles. The van der Waals surface area contributed by atoms with E-state index in [1.54, 1.807) is 0 Å². The molecule has 1 atom stereocenters. The summed E-state index contributed by atoms with van der Waals surface area (Å²) < 4.78 is 5.95. The van der Waals surface area contributed by atoms with E-state index in [0.29, 0.717) is 0 Å². The first-order chi connectivity index (χ1) is 7.43. The lowest BCUT2D eigenvalue weighted by Crippen LogP contribution is -2.39. The van der Waals surface area contributed by atoms with Gasteiger partial charge in [-0.05, 0) is 18.1 Å². The average molecular weight is 202 g/mol. The highest BCUT2D eigenvalue weighted by atomic mass is 16.5. The largest absolute Gasteiger partial charge is 0.470 e. The smallest absolute Gasteiger partial charge is 0.173 e. The number of ether oxygens (including phenoxy) is 1. The summed E-state index contributed by atoms with van der Waals surface area (Å²) in [4.78, 5) is 6.41. The number of hydrogen-bond donors (Lipinski definition) is 0. The van der Waals surface area contributed by atoms with E-state index in [2.05, 4.69) is 28.1 Å². The first kappa shape index (κ1) is 8.77. The van der Waals surface area contributed by atoms with Crippen LogP contribution in [0.1, 0.15) is 12.0 Å². The Bertz CT molecular complexity index is 389. The molecule has 2 heterocycles. The molecule has 2 aliphatic heterocycles. The first-order valence-corrected chi connectivity index (χ1v) is 5.44. The fourth-order valence-electron chi connectivity index (χ4n) is 2.16. The Morgan fingerprint density at radius 1 is 1.33 bits per heavy atom. The van der Waals surface area contributed by atoms with Crippen LogP contribution in [0, 0.1) is 0 Å². The molecule has 1 unspecified atom stereocenters. The van der Waals surface area contributed by atoms with Crippen molar-refractivity contribution in [2.45, 2.75) is 19.1 Å². The molecule has 0 spiro atoms. The summed E-state index contributed by atoms with van der Waals surface area (Å²) in [5.41, 5.74) is 1.32. The third kappa shape index (κ3) is 1.58. The highest BCUT2D eigenvalue weighted by Crippen LogP contribution is 2.28. The number of aliphatic imine (C=N–C) groups is 1. The van der Waals surface area contributed by atoms with Gasteiger partial charge in [0.25, 0.3) is 0 Å². The number of rotatable bonds is 1. The Hall–Kier alpha value is -1.51. The number of aryl methyl sites for hydroxylation is 1. The number of fused-ring (bicyclic) bond motifs is 1. The van der Waals surface area contributed by atoms with Crippen molar-refractivity contribution in [2.75, 3.05) is 13.1 Å². The molecule has 0 N–H and O–H groups in total. The van der Waals surface area contributed by atoms with Gasteiger partial charge in [-0.2, -0.15) is 0 Å². The predicted octanol–water partition coefficient (Wildman–Crippen LogP) is 1.68. The van der Waals surface area contributed by atoms with Gasteiger partial charge in [0.15, 0.2) is 6.23 Å². The second-order valence-corrected chi connectivity index (χ2v) is 3.98. The van der Waals surface area contributed by atoms with Crippen LogP contribution in [-0.4, -0.2) is 30.6 Å². The maximum atomic E-state index is 5.95. The second kappa shape index (κ2) is 3.57. The van der Waals surface area contributed by atoms with E-state index < -0.39 is 0 Å². The lowest BCUT2D eigenvalue weighted by Gasteiger charge is -2.31. The van der Waals surface area contributed by atoms with Gasteiger partial charge in [-0.1, -0.05) is 18.2 Å². The number of hydrogen-bond acceptors (Lipinski definition) is 3. The fourth-order valence-corrected chi connectivity index (χ4v) is 2.16. The maximum Gasteiger partial charge on any atom is 0.173 e. The van der Waals surface area contributed by atoms with Crippen LogP contribution in [-0.2, 0) is 6.42 Å². The van der Waals surface area contributed by atoms with Gasteiger partial charge in [0.05, 0.1) is 12.9 Å². The van der Waals surface area contributed by atoms with Crippen LogP contribution in [0.5, 0.6) is 5.75 Å². The highest BCUT2D eigenvalue weighted by molar-refractivity contribution is 5.57. The average Bonchev–Trinajstić information content (AvgIpc) is 2.82. The van der Waals surface area contributed by atoms with Crippen molar-refractivity contribution in [3.63, 3.8) is 0 Å². The maximum absolute atomic E-state index is 5.95. The second-order valence-electron chi connectivity index (χ2n) is 3.98. The van der Waals surface area contributed by atoms with E-state index in [1.807, 2.05) is 12.4 Å². The van der Waals surface area contributed by atoms with Crippen LogP contribution >= 0.6 is 0 Å². The van der Waals surface area contributed by atoms with E-state index in [0.717, 1.165) is 31.7 Å². The molecule has 1 aromatic rings. The summed E-state index contributed by atoms with van der Waals surface area (Å²) in [5.74, 6) is 1.04. The number of para-hydroxylation sites is 1. The normalized spacial score (nSPS) is 23.7. The first-order valence-electron chi connectivity index (χ1n) is 5.44. The predicted molar refractivity (Wildman–Crippen MR) is 59.2 cm³/mol. The Morgan fingerprint density at radius 3 is 3.13 bits per heavy atom. The van der Waals surface area contributed by atoms with E-state index in [4.69, 9.17) is 4.74 Å². The Morgan fingerprint density at radius 2 is 2.27 bits per heavy atom. The molecule has 2 aliphatic rings. The fraction of sp³-hybridized carbons (Fsp3) is 0.417. The van der Waals surface area contributed by atoms with Gasteiger partial charge in [-0.15, -0.1) is 0 Å². The zero-order valence-electron chi connectivity index (χ0n) is 8.60. The summed E-state index contributed by atoms with van der Waals surface area (Å²) in [6.45, 7) is 1.90. The van der Waals surface area contributed by atoms with Gasteiger partial charge in [0.1, 0.15) is 5.75 Å². The van der Waals surface area contributed by atoms with Crippen LogP contribution in [0.15, 0.2) is 29.3 Å². The van der Waals surface area contributed by atoms with Crippen molar-refractivity contribution < 1.29 is 4.74 Å². The van der Waals surface area contributed by atoms with Crippen molar-refractivity contribution in [3.05, 3.63) is 29.8 Å². The third-order valence-corrected chi connectivity index (χ3v) is 2.98. The van der Waals surface area contributed by atoms with Crippen molar-refractivity contribution in [3.8, 4) is 5.75 Å². The summed E-state index contributed by atoms with van der Waals surface area (Å²) in [6, 6.07) is 8.29. The van der Waals surface area contributed by atoms with Crippen LogP contribution < -0.4 is 4.74 Å². The third-order valence-electron chi connectivity index (χ3n) is 2.98. The minimum atomic E-state index is 0.186. The molecule has 0 fully saturated rings. The van der Waals surface area contributed by atoms with Gasteiger partial charge in [0, 0.05) is 13.0 Å². The van der Waals surface area contributed by atoms with Gasteiger partial charge in [0.2, 0.25) is 0 Å². The van der Waals surface area contributed by atoms with Crippen LogP contribution in [0.25, 0.3) is 0 Å². The summed E-state index contributed by atoms with van der Waals surface area (Å²) in [6.07, 6.45) is 4.26. The van der Waals surface area contributed by atoms with Gasteiger partial charge >= 0.3 is 0 Å². The van der Waals surface area contributed by atoms with E-state index in [1.165, 1.54) is 5.56 Å². The zero-order valence-corrected chi connectivity index (χ0v) is 8.60. The SMILES string of the molecule is C1=NCCN1C1CCc2ccccc2O1. The van der Waals surface area contributed by atoms with Gasteiger partial charge in [-0.3, -0.25) is 4.99 Å². The van der Waals surface area contributed by atoms with E-state index >= 15 is 0 Å². The molecule has 3 rings (SSSR count). The standard InChI is InChI=1S/C12H14N2O/c1-2-4-11-10(3-1)5-6-12(15-11)14-8-7-13-9-14/h1-4,9,12H,5-8H2. The molecule has 0 bridgehead atoms. The van der Waals surface area contributed by atoms with E-state index in [-0.39, 0.29) is 6.23 Å². The van der Waals surface area contributed by atoms with Crippen molar-refractivity contribution in [1.82, 2.24) is 4.90 Å². The molecule has 0 amide bonds. The highest BCUT2D eigenvalue weighted by Gasteiger charge is 2.24. The molecule has 78 valence electrons. The lowest BCUT2D eigenvalue weighted by molar-refractivity contribution is 0.0680. The van der Waals surface area contributed by atoms with E-state index in [9.17, 15) is 0 Å². The van der Waals surface area contributed by atoms with Crippen molar-refractivity contribution in [2.24, 2.45) is 4.99 Å². The minimum Gasteiger partial charge on any atom is -0.470 e. The molecule has 0 saturated carbocycles. The molecular weight excluding hydrogens is 188 g/mol. The summed E-state index contributed by atoms with van der Waals surface area (Å²) in [5, 5.41) is 0. The minimum absolute atomic E-state index is 0.186. The quantitative estimate of drug-likeness (QED) is 0.692. The van der Waals surface area contributed by atoms with Gasteiger partial charge < -0.3 is 9.64 Å². The Balaban J connectivity index is 1.79. The lowest BCUT2D eigenvalue weighted by atomic mass is 10.0. The van der Waals surface area contributed by atoms with Crippen LogP contribution in [0.4, 0.5) is 0 Å². The monoisotopic (exact) mass is 202 g/mol. The molecular formula is C12H14N2O. The van der Waals surface area contributed by atoms with Gasteiger partial charge in [-0.25, -0.2) is 0 Å². The van der Waals surface area contributed by atoms with Crippen LogP contribution in [0.2, 0.25) is 0 Å². The Kier molecular flexibility index (Phi) is 2.09. The van der Waals surface area contributed by atoms with Crippen LogP contribution in [0.3, 0.4) is 0 Å². The topological polar surface area (TPSA) is 24.8 Å². The molecule has 0 radical (unpaired) electrons. The molecule has 15 heavy (non-hydrogen) atoms. The number of nitrogens with zero attached hydrogens (tertiary/aromatic N) is 2. The summed E-state index contributed by atoms with van der Waals surface area (Å²) in [7, 11) is 0. The Labute approximate surface area is 89.4 Å². The molecule has 3 heteroatoms. The number of benzene rings is 1. The van der Waals surface area contributed by atoms with Crippen molar-refractivity contribution >= 4 is 6.34 Å². The summed E-state index contributed by atoms with van der Waals surface area (Å²) >= 11 is 0. The molecule has 0 aromatic heterocycles. The molecule has 3 nitrogen and oxygen atoms in total. The zero-order chi connectivity index (χ0) is 10.1. The molecule has 0 aliphatic carbocycles. The van der Waals surface area contributed by atoms with Crippen molar-refractivity contribution in [1.29, 1.82) is 0 Å². The molecule has 0 saturated heterocycles.